The molecule has 3 heteroatoms. The van der Waals surface area contributed by atoms with E-state index >= 15 is 0 Å². The second-order valence-electron chi connectivity index (χ2n) is 5.02. The van der Waals surface area contributed by atoms with Gasteiger partial charge in [-0.15, -0.1) is 0 Å². The molecule has 4 unspecified atom stereocenters. The van der Waals surface area contributed by atoms with Crippen LogP contribution in [0.5, 0.6) is 0 Å². The average Bonchev–Trinajstić information content (AvgIpc) is 2.76. The standard InChI is InChI=1S/C15H23NOS/c1-4-11(3)18(17)14-10-12-8-6-7-9-13(12)15(14)16-5-2/h6-9,11,14-16H,4-5,10H2,1-3H3. The third kappa shape index (κ3) is 2.52. The van der Waals surface area contributed by atoms with Crippen molar-refractivity contribution in [3.63, 3.8) is 0 Å². The van der Waals surface area contributed by atoms with Gasteiger partial charge in [0, 0.05) is 22.1 Å². The van der Waals surface area contributed by atoms with Crippen molar-refractivity contribution in [2.75, 3.05) is 6.54 Å². The van der Waals surface area contributed by atoms with Crippen LogP contribution in [0.3, 0.4) is 0 Å². The molecule has 2 nitrogen and oxygen atoms in total. The van der Waals surface area contributed by atoms with Crippen LogP contribution in [0.4, 0.5) is 0 Å². The molecule has 1 N–H and O–H groups in total. The zero-order valence-electron chi connectivity index (χ0n) is 11.5. The van der Waals surface area contributed by atoms with E-state index in [1.54, 1.807) is 0 Å². The van der Waals surface area contributed by atoms with E-state index < -0.39 is 10.8 Å². The van der Waals surface area contributed by atoms with Crippen LogP contribution in [0.15, 0.2) is 24.3 Å². The van der Waals surface area contributed by atoms with E-state index in [9.17, 15) is 4.21 Å². The van der Waals surface area contributed by atoms with E-state index in [2.05, 4.69) is 50.4 Å². The minimum absolute atomic E-state index is 0.234. The summed E-state index contributed by atoms with van der Waals surface area (Å²) in [6.45, 7) is 7.26. The summed E-state index contributed by atoms with van der Waals surface area (Å²) in [6, 6.07) is 8.78. The van der Waals surface area contributed by atoms with Crippen LogP contribution in [0, 0.1) is 0 Å². The Labute approximate surface area is 113 Å². The molecule has 0 bridgehead atoms. The van der Waals surface area contributed by atoms with Crippen LogP contribution in [-0.2, 0) is 17.2 Å². The fourth-order valence-corrected chi connectivity index (χ4v) is 4.48. The third-order valence-corrected chi connectivity index (χ3v) is 6.04. The molecular weight excluding hydrogens is 242 g/mol. The highest BCUT2D eigenvalue weighted by molar-refractivity contribution is 7.86. The quantitative estimate of drug-likeness (QED) is 0.887. The smallest absolute Gasteiger partial charge is 0.0586 e. The Bertz CT molecular complexity index is 432. The van der Waals surface area contributed by atoms with Crippen molar-refractivity contribution in [2.24, 2.45) is 0 Å². The minimum Gasteiger partial charge on any atom is -0.309 e. The number of rotatable bonds is 5. The molecule has 2 rings (SSSR count). The van der Waals surface area contributed by atoms with E-state index in [0.717, 1.165) is 19.4 Å². The summed E-state index contributed by atoms with van der Waals surface area (Å²) in [5.41, 5.74) is 2.71. The highest BCUT2D eigenvalue weighted by Crippen LogP contribution is 2.35. The van der Waals surface area contributed by atoms with Crippen LogP contribution >= 0.6 is 0 Å². The number of nitrogens with one attached hydrogen (secondary N) is 1. The molecule has 100 valence electrons. The Morgan fingerprint density at radius 1 is 1.39 bits per heavy atom. The van der Waals surface area contributed by atoms with Gasteiger partial charge < -0.3 is 5.32 Å². The zero-order chi connectivity index (χ0) is 13.1. The number of hydrogen-bond donors (Lipinski definition) is 1. The monoisotopic (exact) mass is 265 g/mol. The maximum atomic E-state index is 12.6. The molecule has 18 heavy (non-hydrogen) atoms. The first-order valence-electron chi connectivity index (χ1n) is 6.89. The van der Waals surface area contributed by atoms with Crippen molar-refractivity contribution >= 4 is 10.8 Å². The van der Waals surface area contributed by atoms with Crippen molar-refractivity contribution in [3.8, 4) is 0 Å². The predicted octanol–water partition coefficient (Wildman–Crippen LogP) is 2.81. The molecule has 1 aromatic carbocycles. The Morgan fingerprint density at radius 3 is 2.78 bits per heavy atom. The molecule has 1 aliphatic carbocycles. The van der Waals surface area contributed by atoms with Crippen molar-refractivity contribution < 1.29 is 4.21 Å². The van der Waals surface area contributed by atoms with E-state index in [0.29, 0.717) is 0 Å². The summed E-state index contributed by atoms with van der Waals surface area (Å²) in [5, 5.41) is 4.03. The molecule has 4 atom stereocenters. The van der Waals surface area contributed by atoms with Gasteiger partial charge in [-0.1, -0.05) is 45.0 Å². The van der Waals surface area contributed by atoms with Crippen molar-refractivity contribution in [1.29, 1.82) is 0 Å². The summed E-state index contributed by atoms with van der Waals surface area (Å²) < 4.78 is 12.6. The summed E-state index contributed by atoms with van der Waals surface area (Å²) in [4.78, 5) is 0. The van der Waals surface area contributed by atoms with Gasteiger partial charge in [0.05, 0.1) is 5.25 Å². The van der Waals surface area contributed by atoms with Gasteiger partial charge in [-0.2, -0.15) is 0 Å². The van der Waals surface area contributed by atoms with Crippen LogP contribution in [0.2, 0.25) is 0 Å². The molecule has 1 aromatic rings. The van der Waals surface area contributed by atoms with Gasteiger partial charge in [-0.3, -0.25) is 4.21 Å². The van der Waals surface area contributed by atoms with Gasteiger partial charge in [0.15, 0.2) is 0 Å². The fourth-order valence-electron chi connectivity index (χ4n) is 2.70. The first-order chi connectivity index (χ1) is 8.69. The van der Waals surface area contributed by atoms with E-state index in [4.69, 9.17) is 0 Å². The second kappa shape index (κ2) is 5.98. The Balaban J connectivity index is 2.26. The highest BCUT2D eigenvalue weighted by atomic mass is 32.2. The third-order valence-electron chi connectivity index (χ3n) is 3.88. The van der Waals surface area contributed by atoms with E-state index in [1.807, 2.05) is 0 Å². The van der Waals surface area contributed by atoms with Crippen molar-refractivity contribution in [3.05, 3.63) is 35.4 Å². The molecule has 0 radical (unpaired) electrons. The number of hydrogen-bond acceptors (Lipinski definition) is 2. The summed E-state index contributed by atoms with van der Waals surface area (Å²) in [5.74, 6) is 0. The number of fused-ring (bicyclic) bond motifs is 1. The Hall–Kier alpha value is -0.670. The predicted molar refractivity (Wildman–Crippen MR) is 78.2 cm³/mol. The molecule has 0 fully saturated rings. The van der Waals surface area contributed by atoms with Crippen LogP contribution in [0.1, 0.15) is 44.4 Å². The molecule has 0 aliphatic heterocycles. The average molecular weight is 265 g/mol. The summed E-state index contributed by atoms with van der Waals surface area (Å²) in [6.07, 6.45) is 1.93. The lowest BCUT2D eigenvalue weighted by atomic mass is 10.1. The first-order valence-corrected chi connectivity index (χ1v) is 8.17. The Kier molecular flexibility index (Phi) is 4.57. The molecule has 0 amide bonds. The lowest BCUT2D eigenvalue weighted by Crippen LogP contribution is -2.35. The van der Waals surface area contributed by atoms with Gasteiger partial charge in [0.2, 0.25) is 0 Å². The number of benzene rings is 1. The molecular formula is C15H23NOS. The SMILES string of the molecule is CCNC1c2ccccc2CC1S(=O)C(C)CC. The zero-order valence-corrected chi connectivity index (χ0v) is 12.3. The lowest BCUT2D eigenvalue weighted by molar-refractivity contribution is 0.542. The van der Waals surface area contributed by atoms with Crippen LogP contribution < -0.4 is 5.32 Å². The fraction of sp³-hybridized carbons (Fsp3) is 0.600. The van der Waals surface area contributed by atoms with Crippen LogP contribution in [-0.4, -0.2) is 21.3 Å². The summed E-state index contributed by atoms with van der Waals surface area (Å²) >= 11 is 0. The molecule has 0 spiro atoms. The largest absolute Gasteiger partial charge is 0.309 e. The van der Waals surface area contributed by atoms with Gasteiger partial charge in [-0.25, -0.2) is 0 Å². The molecule has 0 aromatic heterocycles. The maximum Gasteiger partial charge on any atom is 0.0586 e. The molecule has 0 saturated heterocycles. The molecule has 1 aliphatic rings. The first kappa shape index (κ1) is 13.8. The summed E-state index contributed by atoms with van der Waals surface area (Å²) in [7, 11) is -0.760. The van der Waals surface area contributed by atoms with E-state index in [-0.39, 0.29) is 16.5 Å². The van der Waals surface area contributed by atoms with Gasteiger partial charge in [-0.05, 0) is 30.5 Å². The lowest BCUT2D eigenvalue weighted by Gasteiger charge is -2.23. The van der Waals surface area contributed by atoms with Gasteiger partial charge >= 0.3 is 0 Å². The topological polar surface area (TPSA) is 29.1 Å². The Morgan fingerprint density at radius 2 is 2.11 bits per heavy atom. The second-order valence-corrected chi connectivity index (χ2v) is 7.09. The normalized spacial score (nSPS) is 25.7. The maximum absolute atomic E-state index is 12.6. The van der Waals surface area contributed by atoms with E-state index in [1.165, 1.54) is 11.1 Å². The van der Waals surface area contributed by atoms with Crippen molar-refractivity contribution in [2.45, 2.75) is 50.2 Å². The highest BCUT2D eigenvalue weighted by Gasteiger charge is 2.36. The van der Waals surface area contributed by atoms with Crippen LogP contribution in [0.25, 0.3) is 0 Å². The molecule has 0 saturated carbocycles. The van der Waals surface area contributed by atoms with Crippen molar-refractivity contribution in [1.82, 2.24) is 5.32 Å². The molecule has 0 heterocycles. The van der Waals surface area contributed by atoms with Gasteiger partial charge in [0.25, 0.3) is 0 Å². The van der Waals surface area contributed by atoms with Gasteiger partial charge in [0.1, 0.15) is 0 Å². The minimum atomic E-state index is -0.760.